The van der Waals surface area contributed by atoms with Crippen LogP contribution in [0.25, 0.3) is 5.52 Å². The molecule has 1 fully saturated rings. The van der Waals surface area contributed by atoms with Crippen molar-refractivity contribution in [3.05, 3.63) is 65.5 Å². The lowest BCUT2D eigenvalue weighted by atomic mass is 10.0. The second-order valence-corrected chi connectivity index (χ2v) is 9.59. The number of methoxy groups -OCH3 is 1. The van der Waals surface area contributed by atoms with Gasteiger partial charge in [0.05, 0.1) is 31.1 Å². The summed E-state index contributed by atoms with van der Waals surface area (Å²) in [6, 6.07) is 6.64. The maximum atomic E-state index is 14.3. The van der Waals surface area contributed by atoms with Crippen molar-refractivity contribution in [3.8, 4) is 5.75 Å². The Kier molecular flexibility index (Phi) is 6.82. The van der Waals surface area contributed by atoms with Crippen molar-refractivity contribution >= 4 is 21.6 Å². The number of rotatable bonds is 8. The maximum absolute atomic E-state index is 14.3. The minimum Gasteiger partial charge on any atom is -0.493 e. The quantitative estimate of drug-likeness (QED) is 0.519. The van der Waals surface area contributed by atoms with Crippen molar-refractivity contribution in [3.63, 3.8) is 0 Å². The van der Waals surface area contributed by atoms with E-state index in [2.05, 4.69) is 9.82 Å². The predicted octanol–water partition coefficient (Wildman–Crippen LogP) is 2.71. The second kappa shape index (κ2) is 9.65. The molecular weight excluding hydrogens is 468 g/mol. The Balaban J connectivity index is 1.54. The van der Waals surface area contributed by atoms with Crippen LogP contribution in [0.15, 0.2) is 42.7 Å². The van der Waals surface area contributed by atoms with Crippen molar-refractivity contribution in [2.45, 2.75) is 25.8 Å². The molecule has 9 nitrogen and oxygen atoms in total. The van der Waals surface area contributed by atoms with Gasteiger partial charge in [-0.2, -0.15) is 17.8 Å². The van der Waals surface area contributed by atoms with Crippen molar-refractivity contribution in [2.75, 3.05) is 26.9 Å². The van der Waals surface area contributed by atoms with Gasteiger partial charge in [0.25, 0.3) is 5.91 Å². The standard InChI is InChI=1S/C22H25F2N5O4S/c1-3-28(34(31,32)26-22(30)17-13-25-29-10-5-4-7-20(17)29)14-27-9-6-8-19(27)16-11-15(23)12-18(24)21(16)33-2/h4-5,7,10-13,19H,3,6,8-9,14H2,1-2H3,(H,26,30)/t19-/m1/s1. The summed E-state index contributed by atoms with van der Waals surface area (Å²) in [5.74, 6) is -2.41. The Hall–Kier alpha value is -3.09. The number of amides is 1. The topological polar surface area (TPSA) is 96.2 Å². The van der Waals surface area contributed by atoms with E-state index >= 15 is 0 Å². The largest absolute Gasteiger partial charge is 0.493 e. The van der Waals surface area contributed by atoms with Crippen molar-refractivity contribution in [2.24, 2.45) is 0 Å². The normalized spacial score (nSPS) is 16.9. The number of nitrogens with zero attached hydrogens (tertiary/aromatic N) is 4. The third-order valence-electron chi connectivity index (χ3n) is 5.89. The zero-order valence-electron chi connectivity index (χ0n) is 18.7. The van der Waals surface area contributed by atoms with Gasteiger partial charge in [-0.1, -0.05) is 13.0 Å². The molecule has 0 radical (unpaired) electrons. The van der Waals surface area contributed by atoms with Crippen LogP contribution < -0.4 is 9.46 Å². The van der Waals surface area contributed by atoms with Gasteiger partial charge in [-0.3, -0.25) is 9.69 Å². The Bertz CT molecular complexity index is 1310. The minimum atomic E-state index is -4.22. The monoisotopic (exact) mass is 493 g/mol. The number of carbonyl (C=O) groups is 1. The number of likely N-dealkylation sites (tertiary alicyclic amines) is 1. The molecule has 0 aliphatic carbocycles. The molecule has 0 unspecified atom stereocenters. The number of hydrogen-bond donors (Lipinski definition) is 1. The van der Waals surface area contributed by atoms with Crippen LogP contribution in [0.4, 0.5) is 8.78 Å². The average Bonchev–Trinajstić information content (AvgIpc) is 3.43. The van der Waals surface area contributed by atoms with Crippen LogP contribution >= 0.6 is 0 Å². The first-order valence-electron chi connectivity index (χ1n) is 10.8. The van der Waals surface area contributed by atoms with Gasteiger partial charge >= 0.3 is 10.2 Å². The van der Waals surface area contributed by atoms with E-state index in [-0.39, 0.29) is 24.5 Å². The SMILES string of the molecule is CCN(CN1CCC[C@@H]1c1cc(F)cc(F)c1OC)S(=O)(=O)NC(=O)c1cnn2ccccc12. The van der Waals surface area contributed by atoms with Gasteiger partial charge < -0.3 is 4.74 Å². The Morgan fingerprint density at radius 1 is 1.32 bits per heavy atom. The van der Waals surface area contributed by atoms with E-state index in [4.69, 9.17) is 4.74 Å². The zero-order valence-corrected chi connectivity index (χ0v) is 19.6. The Labute approximate surface area is 196 Å². The smallest absolute Gasteiger partial charge is 0.305 e. The maximum Gasteiger partial charge on any atom is 0.305 e. The van der Waals surface area contributed by atoms with Crippen LogP contribution in [0, 0.1) is 11.6 Å². The number of carbonyl (C=O) groups excluding carboxylic acids is 1. The molecule has 1 atom stereocenters. The lowest BCUT2D eigenvalue weighted by molar-refractivity contribution is 0.0978. The molecule has 1 aliphatic heterocycles. The highest BCUT2D eigenvalue weighted by Gasteiger charge is 2.34. The van der Waals surface area contributed by atoms with Gasteiger partial charge in [0.1, 0.15) is 5.82 Å². The summed E-state index contributed by atoms with van der Waals surface area (Å²) in [5.41, 5.74) is 0.915. The van der Waals surface area contributed by atoms with E-state index in [0.29, 0.717) is 30.5 Å². The van der Waals surface area contributed by atoms with Crippen LogP contribution in [0.5, 0.6) is 5.75 Å². The number of nitrogens with one attached hydrogen (secondary N) is 1. The van der Waals surface area contributed by atoms with Crippen LogP contribution in [-0.2, 0) is 10.2 Å². The molecule has 0 bridgehead atoms. The molecule has 182 valence electrons. The molecule has 2 aromatic heterocycles. The van der Waals surface area contributed by atoms with Gasteiger partial charge in [-0.05, 0) is 31.0 Å². The Morgan fingerprint density at radius 3 is 2.85 bits per heavy atom. The van der Waals surface area contributed by atoms with Crippen LogP contribution in [-0.4, -0.2) is 60.0 Å². The van der Waals surface area contributed by atoms with E-state index in [0.717, 1.165) is 10.4 Å². The molecule has 3 heterocycles. The molecule has 0 spiro atoms. The van der Waals surface area contributed by atoms with Crippen molar-refractivity contribution < 1.29 is 26.7 Å². The van der Waals surface area contributed by atoms with E-state index in [1.807, 2.05) is 0 Å². The molecule has 0 saturated carbocycles. The zero-order chi connectivity index (χ0) is 24.5. The van der Waals surface area contributed by atoms with Gasteiger partial charge in [-0.25, -0.2) is 18.0 Å². The number of pyridine rings is 1. The van der Waals surface area contributed by atoms with Crippen LogP contribution in [0.1, 0.15) is 41.7 Å². The number of halogens is 2. The number of fused-ring (bicyclic) bond motifs is 1. The fourth-order valence-electron chi connectivity index (χ4n) is 4.29. The first-order chi connectivity index (χ1) is 16.2. The summed E-state index contributed by atoms with van der Waals surface area (Å²) in [6.07, 6.45) is 4.23. The summed E-state index contributed by atoms with van der Waals surface area (Å²) in [5, 5.41) is 4.06. The number of ether oxygens (including phenoxy) is 1. The summed E-state index contributed by atoms with van der Waals surface area (Å²) in [4.78, 5) is 14.6. The molecule has 4 rings (SSSR count). The van der Waals surface area contributed by atoms with Crippen molar-refractivity contribution in [1.29, 1.82) is 0 Å². The number of hydrogen-bond acceptors (Lipinski definition) is 6. The minimum absolute atomic E-state index is 0.0643. The van der Waals surface area contributed by atoms with E-state index in [9.17, 15) is 22.0 Å². The summed E-state index contributed by atoms with van der Waals surface area (Å²) >= 11 is 0. The second-order valence-electron chi connectivity index (χ2n) is 7.91. The van der Waals surface area contributed by atoms with Gasteiger partial charge in [0.2, 0.25) is 0 Å². The third kappa shape index (κ3) is 4.61. The van der Waals surface area contributed by atoms with Gasteiger partial charge in [0, 0.05) is 37.0 Å². The lowest BCUT2D eigenvalue weighted by Crippen LogP contribution is -2.48. The summed E-state index contributed by atoms with van der Waals surface area (Å²) in [6.45, 7) is 2.17. The number of aromatic nitrogens is 2. The number of benzene rings is 1. The summed E-state index contributed by atoms with van der Waals surface area (Å²) < 4.78 is 64.2. The highest BCUT2D eigenvalue weighted by atomic mass is 32.2. The fourth-order valence-corrected chi connectivity index (χ4v) is 5.40. The first-order valence-corrected chi connectivity index (χ1v) is 12.2. The molecule has 34 heavy (non-hydrogen) atoms. The molecule has 1 amide bonds. The first kappa shape index (κ1) is 24.0. The molecule has 12 heteroatoms. The Morgan fingerprint density at radius 2 is 2.12 bits per heavy atom. The van der Waals surface area contributed by atoms with Crippen LogP contribution in [0.2, 0.25) is 0 Å². The predicted molar refractivity (Wildman–Crippen MR) is 120 cm³/mol. The third-order valence-corrected chi connectivity index (χ3v) is 7.39. The van der Waals surface area contributed by atoms with Crippen LogP contribution in [0.3, 0.4) is 0 Å². The van der Waals surface area contributed by atoms with E-state index < -0.39 is 33.8 Å². The molecule has 1 aromatic carbocycles. The van der Waals surface area contributed by atoms with Crippen molar-refractivity contribution in [1.82, 2.24) is 23.5 Å². The fraction of sp³-hybridized carbons (Fsp3) is 0.364. The highest BCUT2D eigenvalue weighted by Crippen LogP contribution is 2.39. The lowest BCUT2D eigenvalue weighted by Gasteiger charge is -2.31. The van der Waals surface area contributed by atoms with E-state index in [1.54, 1.807) is 36.2 Å². The average molecular weight is 494 g/mol. The molecule has 1 aliphatic rings. The van der Waals surface area contributed by atoms with Gasteiger partial charge in [-0.15, -0.1) is 0 Å². The molecule has 1 saturated heterocycles. The molecule has 1 N–H and O–H groups in total. The van der Waals surface area contributed by atoms with E-state index in [1.165, 1.54) is 23.9 Å². The van der Waals surface area contributed by atoms with Gasteiger partial charge in [0.15, 0.2) is 11.6 Å². The molecule has 3 aromatic rings. The summed E-state index contributed by atoms with van der Waals surface area (Å²) in [7, 11) is -2.91. The molecular formula is C22H25F2N5O4S. The highest BCUT2D eigenvalue weighted by molar-refractivity contribution is 7.87.